The summed E-state index contributed by atoms with van der Waals surface area (Å²) in [6.45, 7) is 0. The molecule has 0 fully saturated rings. The van der Waals surface area contributed by atoms with Crippen LogP contribution in [0.3, 0.4) is 0 Å². The Bertz CT molecular complexity index is 7640. The number of benzene rings is 17. The van der Waals surface area contributed by atoms with Crippen molar-refractivity contribution >= 4 is 87.5 Å². The first-order valence-corrected chi connectivity index (χ1v) is 39.6. The summed E-state index contributed by atoms with van der Waals surface area (Å²) in [6, 6.07) is 144. The lowest BCUT2D eigenvalue weighted by Crippen LogP contribution is -2.06. The van der Waals surface area contributed by atoms with Gasteiger partial charge >= 0.3 is 0 Å². The molecule has 0 saturated heterocycles. The fourth-order valence-electron chi connectivity index (χ4n) is 16.9. The lowest BCUT2D eigenvalue weighted by Gasteiger charge is -2.13. The minimum absolute atomic E-state index is 0.505. The Morgan fingerprint density at radius 2 is 0.500 bits per heavy atom. The second-order valence-electron chi connectivity index (χ2n) is 29.6. The van der Waals surface area contributed by atoms with Crippen molar-refractivity contribution in [3.8, 4) is 135 Å². The number of furan rings is 2. The van der Waals surface area contributed by atoms with Crippen molar-refractivity contribution in [2.75, 3.05) is 0 Å². The highest BCUT2D eigenvalue weighted by Gasteiger charge is 2.27. The van der Waals surface area contributed by atoms with Gasteiger partial charge < -0.3 is 8.83 Å². The fraction of sp³-hybridized carbons (Fsp3) is 0. The molecule has 6 aromatic heterocycles. The molecule has 0 atom stereocenters. The summed E-state index contributed by atoms with van der Waals surface area (Å²) in [7, 11) is 0. The highest BCUT2D eigenvalue weighted by Crippen LogP contribution is 2.47. The number of nitrogens with zero attached hydrogens (tertiary/aromatic N) is 8. The van der Waals surface area contributed by atoms with Crippen LogP contribution in [-0.2, 0) is 0 Å². The topological polar surface area (TPSA) is 113 Å². The third-order valence-corrected chi connectivity index (χ3v) is 22.6. The van der Waals surface area contributed by atoms with Crippen LogP contribution in [0.1, 0.15) is 0 Å². The molecule has 10 nitrogen and oxygen atoms in total. The molecule has 23 aromatic rings. The first kappa shape index (κ1) is 68.7. The Morgan fingerprint density at radius 3 is 1.01 bits per heavy atom. The third kappa shape index (κ3) is 12.3. The maximum Gasteiger partial charge on any atom is 0.238 e. The Balaban J connectivity index is 0.000000143. The molecule has 0 amide bonds. The molecule has 118 heavy (non-hydrogen) atoms. The second kappa shape index (κ2) is 29.2. The van der Waals surface area contributed by atoms with E-state index in [1.54, 1.807) is 0 Å². The fourth-order valence-corrected chi connectivity index (χ4v) is 16.9. The van der Waals surface area contributed by atoms with Crippen LogP contribution in [0, 0.1) is 0 Å². The van der Waals surface area contributed by atoms with E-state index in [4.69, 9.17) is 38.7 Å². The lowest BCUT2D eigenvalue weighted by atomic mass is 9.92. The Morgan fingerprint density at radius 1 is 0.178 bits per heavy atom. The molecule has 23 rings (SSSR count). The summed E-state index contributed by atoms with van der Waals surface area (Å²) in [5, 5.41) is 8.49. The van der Waals surface area contributed by atoms with E-state index in [0.29, 0.717) is 35.2 Å². The zero-order chi connectivity index (χ0) is 78.0. The molecular formula is C108H68N8O2. The van der Waals surface area contributed by atoms with Crippen LogP contribution in [0.2, 0.25) is 0 Å². The molecule has 0 spiro atoms. The van der Waals surface area contributed by atoms with Crippen molar-refractivity contribution in [1.29, 1.82) is 0 Å². The van der Waals surface area contributed by atoms with Crippen LogP contribution in [0.4, 0.5) is 0 Å². The van der Waals surface area contributed by atoms with Gasteiger partial charge in [-0.2, -0.15) is 19.9 Å². The molecular weight excluding hydrogens is 1440 g/mol. The molecule has 0 radical (unpaired) electrons. The number of fused-ring (bicyclic) bond motifs is 14. The van der Waals surface area contributed by atoms with E-state index in [1.165, 1.54) is 11.1 Å². The Labute approximate surface area is 678 Å². The van der Waals surface area contributed by atoms with Gasteiger partial charge in [0.15, 0.2) is 34.5 Å². The van der Waals surface area contributed by atoms with E-state index in [-0.39, 0.29) is 0 Å². The number of hydrogen-bond donors (Lipinski definition) is 0. The molecule has 0 bridgehead atoms. The van der Waals surface area contributed by atoms with Crippen LogP contribution >= 0.6 is 0 Å². The summed E-state index contributed by atoms with van der Waals surface area (Å²) < 4.78 is 17.9. The van der Waals surface area contributed by atoms with Gasteiger partial charge in [-0.3, -0.25) is 9.13 Å². The minimum atomic E-state index is 0.505. The number of para-hydroxylation sites is 2. The smallest absolute Gasteiger partial charge is 0.238 e. The van der Waals surface area contributed by atoms with Gasteiger partial charge in [0.1, 0.15) is 22.2 Å². The summed E-state index contributed by atoms with van der Waals surface area (Å²) in [6.07, 6.45) is 0. The molecule has 6 heterocycles. The minimum Gasteiger partial charge on any atom is -0.454 e. The molecule has 0 unspecified atom stereocenters. The van der Waals surface area contributed by atoms with Crippen molar-refractivity contribution in [2.45, 2.75) is 0 Å². The zero-order valence-corrected chi connectivity index (χ0v) is 63.7. The SMILES string of the molecule is c1ccc(-c2ccc(-c3ccc4c(c3)c3ccc5c6ccccc6oc5c3n4-c3nc(-c4ccccc4)nc(-c4cccc(-c5ccccc5)c4)n3)cc2)cc1.c1ccc(-c2ccc(-c3nc(-c4ccc(-c5ccccc5)cc4)nc(-n4c5cccc(-c6ccccc6-c6ccccc6)c5c5ccc6c7ccccc7oc6c54)n3)cc2)cc1. The van der Waals surface area contributed by atoms with Gasteiger partial charge in [-0.1, -0.05) is 364 Å². The van der Waals surface area contributed by atoms with Gasteiger partial charge in [-0.25, -0.2) is 9.97 Å². The summed E-state index contributed by atoms with van der Waals surface area (Å²) in [4.78, 5) is 31.5. The normalized spacial score (nSPS) is 11.6. The van der Waals surface area contributed by atoms with E-state index in [0.717, 1.165) is 177 Å². The number of hydrogen-bond acceptors (Lipinski definition) is 8. The highest BCUT2D eigenvalue weighted by atomic mass is 16.3. The monoisotopic (exact) mass is 1510 g/mol. The van der Waals surface area contributed by atoms with Gasteiger partial charge in [0.05, 0.1) is 11.0 Å². The van der Waals surface area contributed by atoms with Crippen molar-refractivity contribution in [3.63, 3.8) is 0 Å². The van der Waals surface area contributed by atoms with Crippen LogP contribution in [0.5, 0.6) is 0 Å². The van der Waals surface area contributed by atoms with E-state index < -0.39 is 0 Å². The van der Waals surface area contributed by atoms with Gasteiger partial charge in [0.2, 0.25) is 11.9 Å². The predicted molar refractivity (Wildman–Crippen MR) is 483 cm³/mol. The van der Waals surface area contributed by atoms with Crippen LogP contribution in [0.25, 0.3) is 223 Å². The summed E-state index contributed by atoms with van der Waals surface area (Å²) in [5.41, 5.74) is 26.6. The Kier molecular flexibility index (Phi) is 17.0. The van der Waals surface area contributed by atoms with E-state index in [9.17, 15) is 0 Å². The highest BCUT2D eigenvalue weighted by molar-refractivity contribution is 6.25. The van der Waals surface area contributed by atoms with Crippen LogP contribution in [0.15, 0.2) is 421 Å². The van der Waals surface area contributed by atoms with E-state index in [1.807, 2.05) is 78.9 Å². The van der Waals surface area contributed by atoms with E-state index >= 15 is 0 Å². The van der Waals surface area contributed by atoms with Crippen molar-refractivity contribution in [1.82, 2.24) is 39.0 Å². The molecule has 0 saturated carbocycles. The van der Waals surface area contributed by atoms with Gasteiger partial charge in [0.25, 0.3) is 0 Å². The average Bonchev–Trinajstić information content (AvgIpc) is 1.56. The number of rotatable bonds is 13. The lowest BCUT2D eigenvalue weighted by molar-refractivity contribution is 0.670. The van der Waals surface area contributed by atoms with Crippen LogP contribution in [-0.4, -0.2) is 39.0 Å². The second-order valence-corrected chi connectivity index (χ2v) is 29.6. The van der Waals surface area contributed by atoms with Crippen molar-refractivity contribution in [3.05, 3.63) is 413 Å². The van der Waals surface area contributed by atoms with Gasteiger partial charge in [-0.15, -0.1) is 0 Å². The molecule has 17 aromatic carbocycles. The largest absolute Gasteiger partial charge is 0.454 e. The molecule has 552 valence electrons. The standard InChI is InChI=1S/C57H36N4O.C51H32N4O/c1-4-15-37(16-5-1)39-27-31-42(32-28-39)55-58-56(43-33-29-40(30-34-43)38-17-6-2-7-18-38)60-57(59-55)61-50-25-14-24-47(45-22-11-10-21-44(45)41-19-8-3-9-20-41)52(50)49-36-35-48-46-23-12-13-26-51(46)62-54(48)53(49)61;1-4-13-33(14-5-1)35-23-25-36(26-24-35)39-27-30-45-44(32-39)42-28-29-43-41-21-10-11-22-46(41)56-48(43)47(42)55(45)51-53-49(37-17-8-3-9-18-37)52-50(54-51)40-20-12-19-38(31-40)34-15-6-2-7-16-34/h1-36H;1-32H. The third-order valence-electron chi connectivity index (χ3n) is 22.6. The average molecular weight is 1510 g/mol. The first-order valence-electron chi connectivity index (χ1n) is 39.6. The van der Waals surface area contributed by atoms with Crippen molar-refractivity contribution in [2.24, 2.45) is 0 Å². The van der Waals surface area contributed by atoms with E-state index in [2.05, 4.69) is 343 Å². The quantitative estimate of drug-likeness (QED) is 0.112. The molecule has 0 aliphatic heterocycles. The zero-order valence-electron chi connectivity index (χ0n) is 63.7. The summed E-state index contributed by atoms with van der Waals surface area (Å²) >= 11 is 0. The van der Waals surface area contributed by atoms with Crippen LogP contribution < -0.4 is 0 Å². The maximum absolute atomic E-state index is 6.84. The van der Waals surface area contributed by atoms with Gasteiger partial charge in [0, 0.05) is 65.3 Å². The van der Waals surface area contributed by atoms with Gasteiger partial charge in [-0.05, 0) is 126 Å². The Hall–Kier alpha value is -16.0. The maximum atomic E-state index is 6.84. The molecule has 0 aliphatic carbocycles. The van der Waals surface area contributed by atoms with Crippen molar-refractivity contribution < 1.29 is 8.83 Å². The molecule has 0 aliphatic rings. The predicted octanol–water partition coefficient (Wildman–Crippen LogP) is 28.1. The molecule has 0 N–H and O–H groups in total. The number of aromatic nitrogens is 8. The molecule has 10 heteroatoms. The first-order chi connectivity index (χ1) is 58.5. The summed E-state index contributed by atoms with van der Waals surface area (Å²) in [5.74, 6) is 3.37.